The number of aliphatic hydroxyl groups is 1. The van der Waals surface area contributed by atoms with E-state index in [2.05, 4.69) is 5.10 Å². The van der Waals surface area contributed by atoms with Gasteiger partial charge in [-0.3, -0.25) is 4.68 Å². The highest BCUT2D eigenvalue weighted by Gasteiger charge is 2.07. The van der Waals surface area contributed by atoms with Crippen LogP contribution in [0.15, 0.2) is 42.7 Å². The van der Waals surface area contributed by atoms with Gasteiger partial charge in [-0.15, -0.1) is 0 Å². The summed E-state index contributed by atoms with van der Waals surface area (Å²) in [5.41, 5.74) is 2.14. The third kappa shape index (κ3) is 2.70. The van der Waals surface area contributed by atoms with Gasteiger partial charge in [-0.1, -0.05) is 30.3 Å². The maximum absolute atomic E-state index is 9.96. The van der Waals surface area contributed by atoms with Crippen LogP contribution in [-0.2, 0) is 13.5 Å². The second kappa shape index (κ2) is 4.94. The van der Waals surface area contributed by atoms with Gasteiger partial charge in [0.1, 0.15) is 0 Å². The van der Waals surface area contributed by atoms with Crippen LogP contribution < -0.4 is 0 Å². The molecular formula is C13H16N2O. The Morgan fingerprint density at radius 3 is 2.69 bits per heavy atom. The normalized spacial score (nSPS) is 12.6. The molecule has 1 N–H and O–H groups in total. The highest BCUT2D eigenvalue weighted by Crippen LogP contribution is 2.18. The molecular weight excluding hydrogens is 200 g/mol. The molecule has 1 atom stereocenters. The Kier molecular flexibility index (Phi) is 3.37. The third-order valence-corrected chi connectivity index (χ3v) is 2.65. The maximum Gasteiger partial charge on any atom is 0.0793 e. The molecule has 0 spiro atoms. The van der Waals surface area contributed by atoms with E-state index in [-0.39, 0.29) is 6.10 Å². The Balaban J connectivity index is 1.91. The number of rotatable bonds is 4. The number of aromatic nitrogens is 2. The van der Waals surface area contributed by atoms with Crippen molar-refractivity contribution in [3.8, 4) is 0 Å². The Bertz CT molecular complexity index is 436. The van der Waals surface area contributed by atoms with Crippen molar-refractivity contribution in [2.45, 2.75) is 18.9 Å². The Hall–Kier alpha value is -1.61. The molecule has 0 saturated heterocycles. The van der Waals surface area contributed by atoms with Crippen molar-refractivity contribution < 1.29 is 5.11 Å². The molecule has 1 unspecified atom stereocenters. The van der Waals surface area contributed by atoms with Crippen molar-refractivity contribution in [1.82, 2.24) is 9.78 Å². The van der Waals surface area contributed by atoms with Gasteiger partial charge in [-0.05, 0) is 24.0 Å². The number of nitrogens with zero attached hydrogens (tertiary/aromatic N) is 2. The smallest absolute Gasteiger partial charge is 0.0793 e. The molecule has 1 heterocycles. The van der Waals surface area contributed by atoms with E-state index in [1.807, 2.05) is 49.8 Å². The van der Waals surface area contributed by atoms with Gasteiger partial charge in [0.15, 0.2) is 0 Å². The molecule has 0 aliphatic heterocycles. The van der Waals surface area contributed by atoms with Crippen LogP contribution in [0.2, 0.25) is 0 Å². The molecule has 0 amide bonds. The van der Waals surface area contributed by atoms with E-state index >= 15 is 0 Å². The average Bonchev–Trinajstić information content (AvgIpc) is 2.73. The van der Waals surface area contributed by atoms with Crippen molar-refractivity contribution in [2.24, 2.45) is 7.05 Å². The summed E-state index contributed by atoms with van der Waals surface area (Å²) in [5, 5.41) is 14.1. The Labute approximate surface area is 95.3 Å². The number of hydrogen-bond acceptors (Lipinski definition) is 2. The van der Waals surface area contributed by atoms with Crippen LogP contribution in [0, 0.1) is 0 Å². The van der Waals surface area contributed by atoms with E-state index < -0.39 is 0 Å². The molecule has 0 saturated carbocycles. The Morgan fingerprint density at radius 1 is 1.31 bits per heavy atom. The second-order valence-corrected chi connectivity index (χ2v) is 3.99. The van der Waals surface area contributed by atoms with Crippen molar-refractivity contribution in [2.75, 3.05) is 0 Å². The van der Waals surface area contributed by atoms with E-state index in [1.165, 1.54) is 0 Å². The maximum atomic E-state index is 9.96. The lowest BCUT2D eigenvalue weighted by molar-refractivity contribution is 0.168. The highest BCUT2D eigenvalue weighted by atomic mass is 16.3. The zero-order chi connectivity index (χ0) is 11.4. The molecule has 1 aromatic carbocycles. The molecule has 0 radical (unpaired) electrons. The quantitative estimate of drug-likeness (QED) is 0.849. The van der Waals surface area contributed by atoms with Gasteiger partial charge in [0.05, 0.1) is 12.3 Å². The summed E-state index contributed by atoms with van der Waals surface area (Å²) in [6.45, 7) is 0. The minimum absolute atomic E-state index is 0.388. The first kappa shape index (κ1) is 10.9. The summed E-state index contributed by atoms with van der Waals surface area (Å²) in [6.07, 6.45) is 5.02. The van der Waals surface area contributed by atoms with Gasteiger partial charge in [0.2, 0.25) is 0 Å². The monoisotopic (exact) mass is 216 g/mol. The van der Waals surface area contributed by atoms with Gasteiger partial charge < -0.3 is 5.11 Å². The minimum atomic E-state index is -0.388. The minimum Gasteiger partial charge on any atom is -0.388 e. The van der Waals surface area contributed by atoms with Crippen molar-refractivity contribution in [1.29, 1.82) is 0 Å². The summed E-state index contributed by atoms with van der Waals surface area (Å²) < 4.78 is 1.78. The van der Waals surface area contributed by atoms with Crippen LogP contribution in [0.1, 0.15) is 23.7 Å². The largest absolute Gasteiger partial charge is 0.388 e. The van der Waals surface area contributed by atoms with Crippen LogP contribution >= 0.6 is 0 Å². The molecule has 1 aromatic heterocycles. The lowest BCUT2D eigenvalue weighted by Gasteiger charge is -2.09. The summed E-state index contributed by atoms with van der Waals surface area (Å²) in [5.74, 6) is 0. The summed E-state index contributed by atoms with van der Waals surface area (Å²) in [4.78, 5) is 0. The van der Waals surface area contributed by atoms with Crippen LogP contribution in [0.5, 0.6) is 0 Å². The highest BCUT2D eigenvalue weighted by molar-refractivity contribution is 5.17. The molecule has 0 aliphatic carbocycles. The average molecular weight is 216 g/mol. The number of hydrogen-bond donors (Lipinski definition) is 1. The molecule has 2 aromatic rings. The van der Waals surface area contributed by atoms with Gasteiger partial charge in [-0.2, -0.15) is 5.10 Å². The topological polar surface area (TPSA) is 38.0 Å². The van der Waals surface area contributed by atoms with E-state index in [4.69, 9.17) is 0 Å². The SMILES string of the molecule is Cn1cc(CCC(O)c2ccccc2)cn1. The van der Waals surface area contributed by atoms with E-state index in [0.29, 0.717) is 0 Å². The molecule has 0 aliphatic rings. The fraction of sp³-hybridized carbons (Fsp3) is 0.308. The second-order valence-electron chi connectivity index (χ2n) is 3.99. The van der Waals surface area contributed by atoms with Gasteiger partial charge in [-0.25, -0.2) is 0 Å². The Morgan fingerprint density at radius 2 is 2.06 bits per heavy atom. The zero-order valence-corrected chi connectivity index (χ0v) is 9.37. The van der Waals surface area contributed by atoms with Crippen molar-refractivity contribution in [3.05, 3.63) is 53.9 Å². The van der Waals surface area contributed by atoms with E-state index in [1.54, 1.807) is 4.68 Å². The predicted octanol–water partition coefficient (Wildman–Crippen LogP) is 2.09. The van der Waals surface area contributed by atoms with Crippen LogP contribution in [0.4, 0.5) is 0 Å². The number of benzene rings is 1. The van der Waals surface area contributed by atoms with Crippen molar-refractivity contribution in [3.63, 3.8) is 0 Å². The first-order valence-corrected chi connectivity index (χ1v) is 5.46. The molecule has 0 fully saturated rings. The van der Waals surface area contributed by atoms with Crippen LogP contribution in [0.3, 0.4) is 0 Å². The first-order valence-electron chi connectivity index (χ1n) is 5.46. The molecule has 3 heteroatoms. The van der Waals surface area contributed by atoms with E-state index in [0.717, 1.165) is 24.0 Å². The summed E-state index contributed by atoms with van der Waals surface area (Å²) >= 11 is 0. The molecule has 84 valence electrons. The first-order chi connectivity index (χ1) is 7.75. The summed E-state index contributed by atoms with van der Waals surface area (Å²) in [7, 11) is 1.90. The number of aryl methyl sites for hydroxylation is 2. The lowest BCUT2D eigenvalue weighted by atomic mass is 10.0. The van der Waals surface area contributed by atoms with Gasteiger partial charge >= 0.3 is 0 Å². The fourth-order valence-electron chi connectivity index (χ4n) is 1.75. The number of aliphatic hydroxyl groups excluding tert-OH is 1. The van der Waals surface area contributed by atoms with Crippen LogP contribution in [-0.4, -0.2) is 14.9 Å². The molecule has 2 rings (SSSR count). The van der Waals surface area contributed by atoms with Crippen molar-refractivity contribution >= 4 is 0 Å². The summed E-state index contributed by atoms with van der Waals surface area (Å²) in [6, 6.07) is 9.75. The van der Waals surface area contributed by atoms with Gasteiger partial charge in [0.25, 0.3) is 0 Å². The third-order valence-electron chi connectivity index (χ3n) is 2.65. The molecule has 0 bridgehead atoms. The van der Waals surface area contributed by atoms with Crippen LogP contribution in [0.25, 0.3) is 0 Å². The van der Waals surface area contributed by atoms with Gasteiger partial charge in [0, 0.05) is 13.2 Å². The predicted molar refractivity (Wildman–Crippen MR) is 62.9 cm³/mol. The van der Waals surface area contributed by atoms with E-state index in [9.17, 15) is 5.11 Å². The molecule has 3 nitrogen and oxygen atoms in total. The fourth-order valence-corrected chi connectivity index (χ4v) is 1.75. The lowest BCUT2D eigenvalue weighted by Crippen LogP contribution is -1.98. The standard InChI is InChI=1S/C13H16N2O/c1-15-10-11(9-14-15)7-8-13(16)12-5-3-2-4-6-12/h2-6,9-10,13,16H,7-8H2,1H3. The zero-order valence-electron chi connectivity index (χ0n) is 9.37. The molecule has 16 heavy (non-hydrogen) atoms.